The van der Waals surface area contributed by atoms with Gasteiger partial charge in [0.25, 0.3) is 0 Å². The average Bonchev–Trinajstić information content (AvgIpc) is 3.07. The molecule has 5 nitrogen and oxygen atoms in total. The Labute approximate surface area is 145 Å². The number of aromatic amines is 1. The number of halogens is 1. The summed E-state index contributed by atoms with van der Waals surface area (Å²) < 4.78 is 5.50. The molecule has 1 aromatic heterocycles. The van der Waals surface area contributed by atoms with E-state index in [4.69, 9.17) is 16.3 Å². The number of ether oxygens (including phenoxy) is 1. The second-order valence-electron chi connectivity index (χ2n) is 7.09. The summed E-state index contributed by atoms with van der Waals surface area (Å²) in [5.74, 6) is -0.558. The fraction of sp³-hybridized carbons (Fsp3) is 0.500. The number of rotatable bonds is 3. The van der Waals surface area contributed by atoms with Crippen molar-refractivity contribution < 1.29 is 14.6 Å². The Balaban J connectivity index is 1.60. The zero-order valence-electron chi connectivity index (χ0n) is 13.6. The van der Waals surface area contributed by atoms with Crippen molar-refractivity contribution in [3.63, 3.8) is 0 Å². The first kappa shape index (κ1) is 15.9. The SMILES string of the molecule is Cc1c(CN2C[C@@H]3CCOC[C@]3(C(=O)O)C2)[nH]c2ccc(Cl)cc12. The molecule has 2 aliphatic heterocycles. The van der Waals surface area contributed by atoms with Crippen LogP contribution < -0.4 is 0 Å². The van der Waals surface area contributed by atoms with Gasteiger partial charge in [0.1, 0.15) is 5.41 Å². The molecule has 2 aromatic rings. The van der Waals surface area contributed by atoms with Gasteiger partial charge in [-0.15, -0.1) is 0 Å². The molecule has 2 fully saturated rings. The third-order valence-corrected chi connectivity index (χ3v) is 5.90. The molecule has 0 spiro atoms. The number of nitrogens with zero attached hydrogens (tertiary/aromatic N) is 1. The highest BCUT2D eigenvalue weighted by Gasteiger charge is 2.54. The number of carboxylic acids is 1. The van der Waals surface area contributed by atoms with Crippen molar-refractivity contribution in [2.45, 2.75) is 19.9 Å². The topological polar surface area (TPSA) is 65.6 Å². The minimum absolute atomic E-state index is 0.169. The number of nitrogens with one attached hydrogen (secondary N) is 1. The van der Waals surface area contributed by atoms with Crippen molar-refractivity contribution in [3.8, 4) is 0 Å². The molecule has 2 saturated heterocycles. The zero-order chi connectivity index (χ0) is 16.9. The van der Waals surface area contributed by atoms with E-state index >= 15 is 0 Å². The minimum atomic E-state index is -0.749. The molecule has 4 rings (SSSR count). The van der Waals surface area contributed by atoms with Gasteiger partial charge in [0.05, 0.1) is 6.61 Å². The summed E-state index contributed by atoms with van der Waals surface area (Å²) in [6, 6.07) is 5.85. The van der Waals surface area contributed by atoms with Crippen molar-refractivity contribution in [3.05, 3.63) is 34.5 Å². The van der Waals surface area contributed by atoms with Gasteiger partial charge in [-0.3, -0.25) is 9.69 Å². The highest BCUT2D eigenvalue weighted by Crippen LogP contribution is 2.42. The number of fused-ring (bicyclic) bond motifs is 2. The molecule has 3 heterocycles. The van der Waals surface area contributed by atoms with Gasteiger partial charge in [0, 0.05) is 47.9 Å². The molecule has 6 heteroatoms. The number of aliphatic carboxylic acids is 1. The molecular weight excluding hydrogens is 328 g/mol. The highest BCUT2D eigenvalue weighted by atomic mass is 35.5. The number of carbonyl (C=O) groups is 1. The van der Waals surface area contributed by atoms with Crippen molar-refractivity contribution in [2.75, 3.05) is 26.3 Å². The number of carboxylic acid groups (broad SMARTS) is 1. The van der Waals surface area contributed by atoms with Crippen LogP contribution in [0.1, 0.15) is 17.7 Å². The number of hydrogen-bond donors (Lipinski definition) is 2. The highest BCUT2D eigenvalue weighted by molar-refractivity contribution is 6.31. The monoisotopic (exact) mass is 348 g/mol. The van der Waals surface area contributed by atoms with Crippen molar-refractivity contribution >= 4 is 28.5 Å². The smallest absolute Gasteiger partial charge is 0.313 e. The fourth-order valence-electron chi connectivity index (χ4n) is 4.25. The Morgan fingerprint density at radius 2 is 2.38 bits per heavy atom. The van der Waals surface area contributed by atoms with E-state index in [1.54, 1.807) is 0 Å². The first-order chi connectivity index (χ1) is 11.5. The number of hydrogen-bond acceptors (Lipinski definition) is 3. The van der Waals surface area contributed by atoms with Gasteiger partial charge in [-0.25, -0.2) is 0 Å². The first-order valence-electron chi connectivity index (χ1n) is 8.30. The fourth-order valence-corrected chi connectivity index (χ4v) is 4.42. The van der Waals surface area contributed by atoms with E-state index in [0.29, 0.717) is 19.8 Å². The van der Waals surface area contributed by atoms with Gasteiger partial charge >= 0.3 is 5.97 Å². The largest absolute Gasteiger partial charge is 0.481 e. The van der Waals surface area contributed by atoms with E-state index in [9.17, 15) is 9.90 Å². The summed E-state index contributed by atoms with van der Waals surface area (Å²) in [5.41, 5.74) is 2.64. The number of H-pyrrole nitrogens is 1. The van der Waals surface area contributed by atoms with E-state index in [1.807, 2.05) is 18.2 Å². The minimum Gasteiger partial charge on any atom is -0.481 e. The van der Waals surface area contributed by atoms with Gasteiger partial charge in [-0.05, 0) is 43.0 Å². The van der Waals surface area contributed by atoms with Crippen LogP contribution in [0.3, 0.4) is 0 Å². The van der Waals surface area contributed by atoms with Crippen LogP contribution >= 0.6 is 11.6 Å². The molecule has 0 bridgehead atoms. The summed E-state index contributed by atoms with van der Waals surface area (Å²) in [7, 11) is 0. The lowest BCUT2D eigenvalue weighted by Gasteiger charge is -2.34. The lowest BCUT2D eigenvalue weighted by atomic mass is 9.76. The summed E-state index contributed by atoms with van der Waals surface area (Å²) in [4.78, 5) is 17.6. The van der Waals surface area contributed by atoms with E-state index in [1.165, 1.54) is 5.56 Å². The summed E-state index contributed by atoms with van der Waals surface area (Å²) in [6.45, 7) is 5.16. The number of benzene rings is 1. The molecule has 0 amide bonds. The predicted molar refractivity (Wildman–Crippen MR) is 92.3 cm³/mol. The molecule has 0 radical (unpaired) electrons. The van der Waals surface area contributed by atoms with Crippen LogP contribution in [0, 0.1) is 18.3 Å². The number of aromatic nitrogens is 1. The van der Waals surface area contributed by atoms with Gasteiger partial charge in [0.2, 0.25) is 0 Å². The van der Waals surface area contributed by atoms with E-state index in [2.05, 4.69) is 16.8 Å². The second kappa shape index (κ2) is 5.76. The maximum atomic E-state index is 11.9. The molecular formula is C18H21ClN2O3. The van der Waals surface area contributed by atoms with Gasteiger partial charge < -0.3 is 14.8 Å². The van der Waals surface area contributed by atoms with Crippen LogP contribution in [0.5, 0.6) is 0 Å². The maximum Gasteiger partial charge on any atom is 0.313 e. The maximum absolute atomic E-state index is 11.9. The van der Waals surface area contributed by atoms with Crippen LogP contribution in [-0.2, 0) is 16.1 Å². The molecule has 0 unspecified atom stereocenters. The lowest BCUT2D eigenvalue weighted by Crippen LogP contribution is -2.46. The van der Waals surface area contributed by atoms with E-state index in [0.717, 1.165) is 41.1 Å². The van der Waals surface area contributed by atoms with Crippen molar-refractivity contribution in [1.29, 1.82) is 0 Å². The molecule has 2 N–H and O–H groups in total. The first-order valence-corrected chi connectivity index (χ1v) is 8.67. The Bertz CT molecular complexity index is 803. The molecule has 2 aliphatic rings. The van der Waals surface area contributed by atoms with Crippen LogP contribution in [0.2, 0.25) is 5.02 Å². The molecule has 128 valence electrons. The predicted octanol–water partition coefficient (Wildman–Crippen LogP) is 3.05. The average molecular weight is 349 g/mol. The molecule has 24 heavy (non-hydrogen) atoms. The Morgan fingerprint density at radius 3 is 3.12 bits per heavy atom. The number of aryl methyl sites for hydroxylation is 1. The van der Waals surface area contributed by atoms with E-state index < -0.39 is 11.4 Å². The molecule has 2 atom stereocenters. The molecule has 0 aliphatic carbocycles. The lowest BCUT2D eigenvalue weighted by molar-refractivity contribution is -0.159. The van der Waals surface area contributed by atoms with Crippen molar-refractivity contribution in [2.24, 2.45) is 11.3 Å². The molecule has 1 aromatic carbocycles. The standard InChI is InChI=1S/C18H21ClN2O3/c1-11-14-6-13(19)2-3-15(14)20-16(11)8-21-7-12-4-5-24-10-18(12,9-21)17(22)23/h2-3,6,12,20H,4-5,7-10H2,1H3,(H,22,23)/t12-,18+/m0/s1. The third-order valence-electron chi connectivity index (χ3n) is 5.67. The Morgan fingerprint density at radius 1 is 1.54 bits per heavy atom. The van der Waals surface area contributed by atoms with Crippen molar-refractivity contribution in [1.82, 2.24) is 9.88 Å². The van der Waals surface area contributed by atoms with Gasteiger partial charge in [-0.1, -0.05) is 11.6 Å². The van der Waals surface area contributed by atoms with E-state index in [-0.39, 0.29) is 5.92 Å². The van der Waals surface area contributed by atoms with Crippen LogP contribution in [0.25, 0.3) is 10.9 Å². The number of likely N-dealkylation sites (tertiary alicyclic amines) is 1. The Hall–Kier alpha value is -1.56. The zero-order valence-corrected chi connectivity index (χ0v) is 14.4. The normalized spacial score (nSPS) is 27.5. The molecule has 0 saturated carbocycles. The summed E-state index contributed by atoms with van der Waals surface area (Å²) in [5, 5.41) is 11.6. The third kappa shape index (κ3) is 2.42. The Kier molecular flexibility index (Phi) is 3.82. The summed E-state index contributed by atoms with van der Waals surface area (Å²) >= 11 is 6.10. The van der Waals surface area contributed by atoms with Gasteiger partial charge in [-0.2, -0.15) is 0 Å². The van der Waals surface area contributed by atoms with Gasteiger partial charge in [0.15, 0.2) is 0 Å². The quantitative estimate of drug-likeness (QED) is 0.894. The van der Waals surface area contributed by atoms with Crippen LogP contribution in [-0.4, -0.2) is 47.3 Å². The summed E-state index contributed by atoms with van der Waals surface area (Å²) in [6.07, 6.45) is 0.824. The van der Waals surface area contributed by atoms with Crippen LogP contribution in [0.4, 0.5) is 0 Å². The van der Waals surface area contributed by atoms with Crippen LogP contribution in [0.15, 0.2) is 18.2 Å². The second-order valence-corrected chi connectivity index (χ2v) is 7.52.